The van der Waals surface area contributed by atoms with Crippen molar-refractivity contribution < 1.29 is 17.7 Å². The van der Waals surface area contributed by atoms with Gasteiger partial charge in [-0.05, 0) is 12.6 Å². The highest BCUT2D eigenvalue weighted by Gasteiger charge is 2.21. The molecular weight excluding hydrogens is 277 g/mol. The van der Waals surface area contributed by atoms with Gasteiger partial charge >= 0.3 is 0 Å². The Morgan fingerprint density at radius 1 is 1.37 bits per heavy atom. The van der Waals surface area contributed by atoms with E-state index in [0.29, 0.717) is 19.2 Å². The highest BCUT2D eigenvalue weighted by molar-refractivity contribution is 7.89. The topological polar surface area (TPSA) is 101 Å². The van der Waals surface area contributed by atoms with Crippen molar-refractivity contribution >= 4 is 15.7 Å². The highest BCUT2D eigenvalue weighted by Crippen LogP contribution is 2.20. The molecule has 1 aromatic rings. The van der Waals surface area contributed by atoms with E-state index < -0.39 is 31.3 Å². The number of non-ortho nitro benzene ring substituents is 1. The molecule has 0 aliphatic rings. The summed E-state index contributed by atoms with van der Waals surface area (Å²) in [6.45, 7) is 3.06. The maximum Gasteiger partial charge on any atom is 0.272 e. The molecule has 9 heteroatoms. The van der Waals surface area contributed by atoms with Crippen LogP contribution in [-0.2, 0) is 10.0 Å². The molecule has 1 aromatic carbocycles. The average molecular weight is 291 g/mol. The molecular formula is C10H14FN3O4S. The lowest BCUT2D eigenvalue weighted by Crippen LogP contribution is -2.32. The minimum atomic E-state index is -4.00. The molecule has 0 saturated heterocycles. The number of nitro groups is 1. The Hall–Kier alpha value is -1.58. The third kappa shape index (κ3) is 4.23. The molecule has 0 fully saturated rings. The summed E-state index contributed by atoms with van der Waals surface area (Å²) < 4.78 is 39.2. The van der Waals surface area contributed by atoms with Crippen molar-refractivity contribution in [2.75, 3.05) is 19.6 Å². The SMILES string of the molecule is CCNCCNS(=O)(=O)c1ccc([N+](=O)[O-])cc1F. The van der Waals surface area contributed by atoms with Gasteiger partial charge < -0.3 is 5.32 Å². The van der Waals surface area contributed by atoms with E-state index in [2.05, 4.69) is 10.0 Å². The normalized spacial score (nSPS) is 11.5. The van der Waals surface area contributed by atoms with E-state index in [0.717, 1.165) is 12.1 Å². The number of nitrogens with one attached hydrogen (secondary N) is 2. The molecule has 106 valence electrons. The standard InChI is InChI=1S/C10H14FN3O4S/c1-2-12-5-6-13-19(17,18)10-4-3-8(14(15)16)7-9(10)11/h3-4,7,12-13H,2,5-6H2,1H3. The number of hydrogen-bond donors (Lipinski definition) is 2. The molecule has 0 aliphatic heterocycles. The summed E-state index contributed by atoms with van der Waals surface area (Å²) >= 11 is 0. The van der Waals surface area contributed by atoms with Crippen LogP contribution in [-0.4, -0.2) is 33.0 Å². The Morgan fingerprint density at radius 3 is 2.58 bits per heavy atom. The third-order valence-electron chi connectivity index (χ3n) is 2.26. The number of halogens is 1. The molecule has 0 amide bonds. The Labute approximate surface area is 110 Å². The first-order chi connectivity index (χ1) is 8.88. The summed E-state index contributed by atoms with van der Waals surface area (Å²) in [4.78, 5) is 9.03. The average Bonchev–Trinajstić information content (AvgIpc) is 2.34. The number of hydrogen-bond acceptors (Lipinski definition) is 5. The van der Waals surface area contributed by atoms with Gasteiger partial charge in [0.1, 0.15) is 10.7 Å². The molecule has 0 atom stereocenters. The van der Waals surface area contributed by atoms with Crippen molar-refractivity contribution in [1.82, 2.24) is 10.0 Å². The van der Waals surface area contributed by atoms with Crippen LogP contribution in [0.2, 0.25) is 0 Å². The van der Waals surface area contributed by atoms with E-state index in [1.807, 2.05) is 6.92 Å². The van der Waals surface area contributed by atoms with Crippen molar-refractivity contribution in [3.63, 3.8) is 0 Å². The molecule has 0 aromatic heterocycles. The zero-order chi connectivity index (χ0) is 14.5. The first kappa shape index (κ1) is 15.5. The fraction of sp³-hybridized carbons (Fsp3) is 0.400. The van der Waals surface area contributed by atoms with Crippen LogP contribution in [0.15, 0.2) is 23.1 Å². The largest absolute Gasteiger partial charge is 0.316 e. The zero-order valence-corrected chi connectivity index (χ0v) is 11.0. The Balaban J connectivity index is 2.87. The van der Waals surface area contributed by atoms with Gasteiger partial charge in [0.2, 0.25) is 10.0 Å². The molecule has 1 rings (SSSR count). The van der Waals surface area contributed by atoms with E-state index in [-0.39, 0.29) is 6.54 Å². The number of rotatable bonds is 7. The maximum atomic E-state index is 13.5. The second kappa shape index (κ2) is 6.55. The van der Waals surface area contributed by atoms with Crippen LogP contribution >= 0.6 is 0 Å². The molecule has 0 radical (unpaired) electrons. The van der Waals surface area contributed by atoms with Gasteiger partial charge in [0.05, 0.1) is 11.0 Å². The van der Waals surface area contributed by atoms with Gasteiger partial charge in [0.15, 0.2) is 0 Å². The first-order valence-electron chi connectivity index (χ1n) is 5.53. The first-order valence-corrected chi connectivity index (χ1v) is 7.01. The van der Waals surface area contributed by atoms with Gasteiger partial charge in [-0.2, -0.15) is 0 Å². The second-order valence-corrected chi connectivity index (χ2v) is 5.36. The van der Waals surface area contributed by atoms with Crippen LogP contribution in [0.25, 0.3) is 0 Å². The van der Waals surface area contributed by atoms with Crippen LogP contribution < -0.4 is 10.0 Å². The summed E-state index contributed by atoms with van der Waals surface area (Å²) in [5.41, 5.74) is -0.496. The van der Waals surface area contributed by atoms with E-state index in [9.17, 15) is 22.9 Å². The number of sulfonamides is 1. The summed E-state index contributed by atoms with van der Waals surface area (Å²) in [5.74, 6) is -1.15. The molecule has 0 spiro atoms. The second-order valence-electron chi connectivity index (χ2n) is 3.62. The Bertz CT molecular complexity index is 562. The van der Waals surface area contributed by atoms with Gasteiger partial charge in [-0.25, -0.2) is 17.5 Å². The van der Waals surface area contributed by atoms with Crippen molar-refractivity contribution in [1.29, 1.82) is 0 Å². The minimum absolute atomic E-state index is 0.104. The van der Waals surface area contributed by atoms with Crippen LogP contribution in [0.5, 0.6) is 0 Å². The van der Waals surface area contributed by atoms with Gasteiger partial charge in [-0.1, -0.05) is 6.92 Å². The monoisotopic (exact) mass is 291 g/mol. The van der Waals surface area contributed by atoms with E-state index in [1.54, 1.807) is 0 Å². The maximum absolute atomic E-state index is 13.5. The van der Waals surface area contributed by atoms with Crippen LogP contribution in [0, 0.1) is 15.9 Å². The lowest BCUT2D eigenvalue weighted by atomic mass is 10.3. The van der Waals surface area contributed by atoms with Crippen LogP contribution in [0.1, 0.15) is 6.92 Å². The van der Waals surface area contributed by atoms with E-state index in [1.165, 1.54) is 0 Å². The van der Waals surface area contributed by atoms with E-state index >= 15 is 0 Å². The quantitative estimate of drug-likeness (QED) is 0.435. The van der Waals surface area contributed by atoms with Gasteiger partial charge in [-0.3, -0.25) is 10.1 Å². The number of nitro benzene ring substituents is 1. The number of likely N-dealkylation sites (N-methyl/N-ethyl adjacent to an activating group) is 1. The molecule has 0 unspecified atom stereocenters. The van der Waals surface area contributed by atoms with Crippen molar-refractivity contribution in [3.8, 4) is 0 Å². The number of nitrogens with zero attached hydrogens (tertiary/aromatic N) is 1. The van der Waals surface area contributed by atoms with Gasteiger partial charge in [0, 0.05) is 19.2 Å². The minimum Gasteiger partial charge on any atom is -0.316 e. The predicted octanol–water partition coefficient (Wildman–Crippen LogP) is 0.622. The van der Waals surface area contributed by atoms with Gasteiger partial charge in [-0.15, -0.1) is 0 Å². The van der Waals surface area contributed by atoms with Crippen molar-refractivity contribution in [2.24, 2.45) is 0 Å². The van der Waals surface area contributed by atoms with Crippen molar-refractivity contribution in [2.45, 2.75) is 11.8 Å². The van der Waals surface area contributed by atoms with E-state index in [4.69, 9.17) is 0 Å². The van der Waals surface area contributed by atoms with Crippen molar-refractivity contribution in [3.05, 3.63) is 34.1 Å². The summed E-state index contributed by atoms with van der Waals surface area (Å²) in [7, 11) is -4.00. The Morgan fingerprint density at radius 2 is 2.05 bits per heavy atom. The molecule has 0 saturated carbocycles. The lowest BCUT2D eigenvalue weighted by Gasteiger charge is -2.07. The summed E-state index contributed by atoms with van der Waals surface area (Å²) in [6.07, 6.45) is 0. The van der Waals surface area contributed by atoms with Gasteiger partial charge in [0.25, 0.3) is 5.69 Å². The number of benzene rings is 1. The highest BCUT2D eigenvalue weighted by atomic mass is 32.2. The third-order valence-corrected chi connectivity index (χ3v) is 3.75. The van der Waals surface area contributed by atoms with Crippen LogP contribution in [0.3, 0.4) is 0 Å². The molecule has 7 nitrogen and oxygen atoms in total. The fourth-order valence-electron chi connectivity index (χ4n) is 1.35. The summed E-state index contributed by atoms with van der Waals surface area (Å²) in [5, 5.41) is 13.3. The Kier molecular flexibility index (Phi) is 5.33. The molecule has 2 N–H and O–H groups in total. The fourth-order valence-corrected chi connectivity index (χ4v) is 2.44. The van der Waals surface area contributed by atoms with Crippen LogP contribution in [0.4, 0.5) is 10.1 Å². The molecule has 0 aliphatic carbocycles. The molecule has 19 heavy (non-hydrogen) atoms. The summed E-state index contributed by atoms with van der Waals surface area (Å²) in [6, 6.07) is 2.41. The predicted molar refractivity (Wildman–Crippen MR) is 66.8 cm³/mol. The molecule has 0 heterocycles. The lowest BCUT2D eigenvalue weighted by molar-refractivity contribution is -0.385. The zero-order valence-electron chi connectivity index (χ0n) is 10.2. The smallest absolute Gasteiger partial charge is 0.272 e. The molecule has 0 bridgehead atoms.